The lowest BCUT2D eigenvalue weighted by Gasteiger charge is -2.22. The van der Waals surface area contributed by atoms with Crippen molar-refractivity contribution in [2.24, 2.45) is 5.92 Å². The van der Waals surface area contributed by atoms with E-state index in [2.05, 4.69) is 27.8 Å². The summed E-state index contributed by atoms with van der Waals surface area (Å²) in [5, 5.41) is 7.51. The van der Waals surface area contributed by atoms with E-state index in [9.17, 15) is 4.79 Å². The molecule has 2 heterocycles. The first-order valence-corrected chi connectivity index (χ1v) is 8.19. The summed E-state index contributed by atoms with van der Waals surface area (Å²) in [5.74, 6) is 1.21. The molecule has 0 unspecified atom stereocenters. The molecule has 6 heteroatoms. The van der Waals surface area contributed by atoms with Gasteiger partial charge in [0.05, 0.1) is 5.52 Å². The highest BCUT2D eigenvalue weighted by Crippen LogP contribution is 2.22. The normalized spacial score (nSPS) is 14.9. The topological polar surface area (TPSA) is 57.3 Å². The molecule has 3 rings (SSSR count). The number of fused-ring (bicyclic) bond motifs is 1. The fourth-order valence-corrected chi connectivity index (χ4v) is 3.02. The summed E-state index contributed by atoms with van der Waals surface area (Å²) in [4.78, 5) is 19.0. The highest BCUT2D eigenvalue weighted by molar-refractivity contribution is 5.86. The van der Waals surface area contributed by atoms with E-state index < -0.39 is 0 Å². The van der Waals surface area contributed by atoms with Crippen molar-refractivity contribution in [2.75, 3.05) is 32.1 Å². The molecule has 1 aliphatic heterocycles. The van der Waals surface area contributed by atoms with Crippen molar-refractivity contribution in [2.45, 2.75) is 19.4 Å². The van der Waals surface area contributed by atoms with Crippen LogP contribution in [0.25, 0.3) is 10.9 Å². The van der Waals surface area contributed by atoms with E-state index in [1.165, 1.54) is 0 Å². The predicted octanol–water partition coefficient (Wildman–Crippen LogP) is 2.34. The molecule has 0 spiro atoms. The molecular formula is C18H25ClN4O. The Kier molecular flexibility index (Phi) is 6.40. The number of hydrogen-bond donors (Lipinski definition) is 2. The molecule has 1 fully saturated rings. The summed E-state index contributed by atoms with van der Waals surface area (Å²) in [6, 6.07) is 10.1. The SMILES string of the molecule is CN(C)c1cc(CNC(=O)C2CCNCC2)c2ccccc2n1.Cl. The number of pyridine rings is 1. The van der Waals surface area contributed by atoms with Crippen molar-refractivity contribution in [3.63, 3.8) is 0 Å². The number of hydrogen-bond acceptors (Lipinski definition) is 4. The van der Waals surface area contributed by atoms with Crippen LogP contribution in [0.3, 0.4) is 0 Å². The summed E-state index contributed by atoms with van der Waals surface area (Å²) in [6.07, 6.45) is 1.84. The Morgan fingerprint density at radius 3 is 2.71 bits per heavy atom. The first-order valence-electron chi connectivity index (χ1n) is 8.19. The highest BCUT2D eigenvalue weighted by Gasteiger charge is 2.20. The van der Waals surface area contributed by atoms with E-state index in [1.54, 1.807) is 0 Å². The number of piperidine rings is 1. The number of carbonyl (C=O) groups is 1. The van der Waals surface area contributed by atoms with Gasteiger partial charge in [-0.2, -0.15) is 0 Å². The molecule has 1 aliphatic rings. The third-order valence-corrected chi connectivity index (χ3v) is 4.41. The summed E-state index contributed by atoms with van der Waals surface area (Å²) in [5.41, 5.74) is 2.08. The standard InChI is InChI=1S/C18H24N4O.ClH/c1-22(2)17-11-14(15-5-3-4-6-16(15)21-17)12-20-18(23)13-7-9-19-10-8-13;/h3-6,11,13,19H,7-10,12H2,1-2H3,(H,20,23);1H. The third-order valence-electron chi connectivity index (χ3n) is 4.41. The number of halogens is 1. The monoisotopic (exact) mass is 348 g/mol. The highest BCUT2D eigenvalue weighted by atomic mass is 35.5. The molecule has 24 heavy (non-hydrogen) atoms. The molecule has 0 saturated carbocycles. The van der Waals surface area contributed by atoms with Crippen LogP contribution in [0.4, 0.5) is 5.82 Å². The van der Waals surface area contributed by atoms with Gasteiger partial charge < -0.3 is 15.5 Å². The number of rotatable bonds is 4. The van der Waals surface area contributed by atoms with Crippen molar-refractivity contribution in [1.29, 1.82) is 0 Å². The van der Waals surface area contributed by atoms with Crippen molar-refractivity contribution in [3.05, 3.63) is 35.9 Å². The molecule has 0 radical (unpaired) electrons. The van der Waals surface area contributed by atoms with Gasteiger partial charge in [-0.3, -0.25) is 4.79 Å². The molecule has 2 N–H and O–H groups in total. The second kappa shape index (κ2) is 8.31. The van der Waals surface area contributed by atoms with Gasteiger partial charge in [-0.15, -0.1) is 12.4 Å². The van der Waals surface area contributed by atoms with Gasteiger partial charge in [-0.05, 0) is 43.6 Å². The quantitative estimate of drug-likeness (QED) is 0.890. The van der Waals surface area contributed by atoms with Gasteiger partial charge in [-0.1, -0.05) is 18.2 Å². The minimum Gasteiger partial charge on any atom is -0.363 e. The summed E-state index contributed by atoms with van der Waals surface area (Å²) >= 11 is 0. The molecule has 0 aliphatic carbocycles. The number of amides is 1. The molecule has 2 aromatic rings. The Morgan fingerprint density at radius 2 is 2.00 bits per heavy atom. The summed E-state index contributed by atoms with van der Waals surface area (Å²) < 4.78 is 0. The predicted molar refractivity (Wildman–Crippen MR) is 101 cm³/mol. The first-order chi connectivity index (χ1) is 11.1. The third kappa shape index (κ3) is 4.16. The van der Waals surface area contributed by atoms with Crippen LogP contribution in [0.2, 0.25) is 0 Å². The van der Waals surface area contributed by atoms with Crippen LogP contribution < -0.4 is 15.5 Å². The second-order valence-corrected chi connectivity index (χ2v) is 6.29. The smallest absolute Gasteiger partial charge is 0.223 e. The number of anilines is 1. The van der Waals surface area contributed by atoms with Crippen LogP contribution in [-0.4, -0.2) is 38.1 Å². The van der Waals surface area contributed by atoms with Gasteiger partial charge >= 0.3 is 0 Å². The van der Waals surface area contributed by atoms with Gasteiger partial charge in [0.15, 0.2) is 0 Å². The number of para-hydroxylation sites is 1. The molecule has 1 saturated heterocycles. The Morgan fingerprint density at radius 1 is 1.29 bits per heavy atom. The van der Waals surface area contributed by atoms with E-state index in [-0.39, 0.29) is 24.2 Å². The Bertz CT molecular complexity index is 698. The average Bonchev–Trinajstić information content (AvgIpc) is 2.59. The van der Waals surface area contributed by atoms with Crippen LogP contribution in [0.15, 0.2) is 30.3 Å². The van der Waals surface area contributed by atoms with Gasteiger partial charge in [0.1, 0.15) is 5.82 Å². The van der Waals surface area contributed by atoms with Crippen molar-refractivity contribution in [3.8, 4) is 0 Å². The first kappa shape index (κ1) is 18.5. The maximum absolute atomic E-state index is 12.4. The second-order valence-electron chi connectivity index (χ2n) is 6.29. The number of carbonyl (C=O) groups excluding carboxylic acids is 1. The van der Waals surface area contributed by atoms with Crippen LogP contribution in [-0.2, 0) is 11.3 Å². The van der Waals surface area contributed by atoms with E-state index in [0.29, 0.717) is 6.54 Å². The number of nitrogens with one attached hydrogen (secondary N) is 2. The summed E-state index contributed by atoms with van der Waals surface area (Å²) in [7, 11) is 3.96. The van der Waals surface area contributed by atoms with E-state index in [1.807, 2.05) is 37.2 Å². The lowest BCUT2D eigenvalue weighted by molar-refractivity contribution is -0.125. The zero-order chi connectivity index (χ0) is 16.2. The number of nitrogens with zero attached hydrogens (tertiary/aromatic N) is 2. The van der Waals surface area contributed by atoms with Gasteiger partial charge in [0, 0.05) is 31.9 Å². The van der Waals surface area contributed by atoms with Crippen LogP contribution in [0.1, 0.15) is 18.4 Å². The van der Waals surface area contributed by atoms with Gasteiger partial charge in [-0.25, -0.2) is 4.98 Å². The Hall–Kier alpha value is -1.85. The summed E-state index contributed by atoms with van der Waals surface area (Å²) in [6.45, 7) is 2.41. The maximum atomic E-state index is 12.4. The maximum Gasteiger partial charge on any atom is 0.223 e. The molecule has 0 bridgehead atoms. The van der Waals surface area contributed by atoms with E-state index in [0.717, 1.165) is 48.2 Å². The molecule has 0 atom stereocenters. The van der Waals surface area contributed by atoms with Crippen LogP contribution >= 0.6 is 12.4 Å². The Labute approximate surface area is 149 Å². The molecular weight excluding hydrogens is 324 g/mol. The fraction of sp³-hybridized carbons (Fsp3) is 0.444. The lowest BCUT2D eigenvalue weighted by atomic mass is 9.97. The van der Waals surface area contributed by atoms with Crippen molar-refractivity contribution >= 4 is 35.0 Å². The van der Waals surface area contributed by atoms with Crippen LogP contribution in [0.5, 0.6) is 0 Å². The minimum atomic E-state index is 0. The average molecular weight is 349 g/mol. The molecule has 1 aromatic carbocycles. The van der Waals surface area contributed by atoms with E-state index in [4.69, 9.17) is 0 Å². The van der Waals surface area contributed by atoms with Crippen molar-refractivity contribution < 1.29 is 4.79 Å². The molecule has 5 nitrogen and oxygen atoms in total. The van der Waals surface area contributed by atoms with Gasteiger partial charge in [0.25, 0.3) is 0 Å². The Balaban J connectivity index is 0.00000208. The molecule has 1 amide bonds. The largest absolute Gasteiger partial charge is 0.363 e. The number of aromatic nitrogens is 1. The van der Waals surface area contributed by atoms with Crippen LogP contribution in [0, 0.1) is 5.92 Å². The van der Waals surface area contributed by atoms with Crippen molar-refractivity contribution in [1.82, 2.24) is 15.6 Å². The zero-order valence-corrected chi connectivity index (χ0v) is 15.0. The van der Waals surface area contributed by atoms with E-state index >= 15 is 0 Å². The lowest BCUT2D eigenvalue weighted by Crippen LogP contribution is -2.37. The number of benzene rings is 1. The molecule has 1 aromatic heterocycles. The van der Waals surface area contributed by atoms with Gasteiger partial charge in [0.2, 0.25) is 5.91 Å². The fourth-order valence-electron chi connectivity index (χ4n) is 3.02. The minimum absolute atomic E-state index is 0. The zero-order valence-electron chi connectivity index (χ0n) is 14.2. The molecule has 130 valence electrons.